The molecule has 1 N–H and O–H groups in total. The molecule has 0 saturated heterocycles. The molecule has 8 nitrogen and oxygen atoms in total. The molecule has 2 aromatic rings. The lowest BCUT2D eigenvalue weighted by Gasteiger charge is -2.18. The average Bonchev–Trinajstić information content (AvgIpc) is 3.18. The predicted octanol–water partition coefficient (Wildman–Crippen LogP) is 1.93. The number of hydrogen-bond donors (Lipinski definition) is 1. The summed E-state index contributed by atoms with van der Waals surface area (Å²) >= 11 is 0. The molecule has 8 heteroatoms. The second kappa shape index (κ2) is 6.59. The van der Waals surface area contributed by atoms with Gasteiger partial charge in [0.15, 0.2) is 5.69 Å². The second-order valence-electron chi connectivity index (χ2n) is 7.34. The summed E-state index contributed by atoms with van der Waals surface area (Å²) in [5.41, 5.74) is 2.05. The van der Waals surface area contributed by atoms with Crippen LogP contribution in [0.3, 0.4) is 0 Å². The maximum absolute atomic E-state index is 12.8. The molecule has 3 heterocycles. The van der Waals surface area contributed by atoms with Crippen LogP contribution in [0.5, 0.6) is 0 Å². The summed E-state index contributed by atoms with van der Waals surface area (Å²) in [5, 5.41) is 11.3. The fraction of sp³-hybridized carbons (Fsp3) is 0.556. The van der Waals surface area contributed by atoms with Crippen LogP contribution in [0.1, 0.15) is 71.5 Å². The third-order valence-corrected chi connectivity index (χ3v) is 4.78. The van der Waals surface area contributed by atoms with Crippen molar-refractivity contribution in [1.82, 2.24) is 25.2 Å². The molecule has 0 unspecified atom stereocenters. The van der Waals surface area contributed by atoms with E-state index in [1.807, 2.05) is 18.5 Å². The van der Waals surface area contributed by atoms with Gasteiger partial charge >= 0.3 is 0 Å². The van der Waals surface area contributed by atoms with Gasteiger partial charge in [0.2, 0.25) is 5.76 Å². The highest BCUT2D eigenvalue weighted by atomic mass is 16.5. The number of carbonyl (C=O) groups is 2. The number of aryl methyl sites for hydroxylation is 1. The molecular weight excluding hydrogens is 334 g/mol. The third kappa shape index (κ3) is 3.36. The zero-order chi connectivity index (χ0) is 18.3. The van der Waals surface area contributed by atoms with Gasteiger partial charge in [-0.25, -0.2) is 0 Å². The smallest absolute Gasteiger partial charge is 0.292 e. The molecule has 0 spiro atoms. The lowest BCUT2D eigenvalue weighted by molar-refractivity contribution is 0.0703. The van der Waals surface area contributed by atoms with Crippen molar-refractivity contribution in [3.05, 3.63) is 35.0 Å². The van der Waals surface area contributed by atoms with Crippen molar-refractivity contribution in [3.8, 4) is 0 Å². The van der Waals surface area contributed by atoms with E-state index in [2.05, 4.69) is 15.6 Å². The Labute approximate surface area is 151 Å². The van der Waals surface area contributed by atoms with E-state index >= 15 is 0 Å². The minimum Gasteiger partial charge on any atom is -0.351 e. The summed E-state index contributed by atoms with van der Waals surface area (Å²) in [6, 6.07) is 3.79. The molecule has 2 amide bonds. The Balaban J connectivity index is 1.50. The first-order chi connectivity index (χ1) is 12.5. The molecular formula is C18H23N5O3. The molecule has 0 atom stereocenters. The SMILES string of the molecule is CC(C)c1cc(C(=O)N2CCCn3nc(C(=O)NC4CC4)cc3C2)on1. The maximum Gasteiger partial charge on any atom is 0.292 e. The van der Waals surface area contributed by atoms with E-state index in [1.54, 1.807) is 17.0 Å². The molecule has 1 fully saturated rings. The molecule has 0 aromatic carbocycles. The highest BCUT2D eigenvalue weighted by molar-refractivity contribution is 5.93. The van der Waals surface area contributed by atoms with Crippen molar-refractivity contribution >= 4 is 11.8 Å². The van der Waals surface area contributed by atoms with Crippen LogP contribution in [0.25, 0.3) is 0 Å². The van der Waals surface area contributed by atoms with Crippen molar-refractivity contribution < 1.29 is 14.1 Å². The Morgan fingerprint density at radius 1 is 1.27 bits per heavy atom. The Hall–Kier alpha value is -2.64. The molecule has 0 bridgehead atoms. The summed E-state index contributed by atoms with van der Waals surface area (Å²) in [4.78, 5) is 26.7. The van der Waals surface area contributed by atoms with Gasteiger partial charge in [-0.05, 0) is 31.2 Å². The van der Waals surface area contributed by atoms with Crippen LogP contribution < -0.4 is 5.32 Å². The number of carbonyl (C=O) groups excluding carboxylic acids is 2. The van der Waals surface area contributed by atoms with Crippen LogP contribution in [-0.4, -0.2) is 44.2 Å². The van der Waals surface area contributed by atoms with Gasteiger partial charge in [-0.15, -0.1) is 0 Å². The van der Waals surface area contributed by atoms with Gasteiger partial charge in [0.1, 0.15) is 0 Å². The first-order valence-corrected chi connectivity index (χ1v) is 9.14. The normalized spacial score (nSPS) is 17.1. The summed E-state index contributed by atoms with van der Waals surface area (Å²) in [7, 11) is 0. The Kier molecular flexibility index (Phi) is 4.26. The molecule has 2 aromatic heterocycles. The van der Waals surface area contributed by atoms with Gasteiger partial charge in [-0.1, -0.05) is 19.0 Å². The van der Waals surface area contributed by atoms with Crippen LogP contribution >= 0.6 is 0 Å². The van der Waals surface area contributed by atoms with Crippen LogP contribution in [0.4, 0.5) is 0 Å². The van der Waals surface area contributed by atoms with Crippen LogP contribution in [0.15, 0.2) is 16.7 Å². The van der Waals surface area contributed by atoms with Gasteiger partial charge in [0.05, 0.1) is 17.9 Å². The predicted molar refractivity (Wildman–Crippen MR) is 92.7 cm³/mol. The molecule has 1 saturated carbocycles. The first-order valence-electron chi connectivity index (χ1n) is 9.14. The van der Waals surface area contributed by atoms with E-state index < -0.39 is 0 Å². The Morgan fingerprint density at radius 2 is 2.08 bits per heavy atom. The fourth-order valence-corrected chi connectivity index (χ4v) is 3.05. The fourth-order valence-electron chi connectivity index (χ4n) is 3.05. The molecule has 26 heavy (non-hydrogen) atoms. The van der Waals surface area contributed by atoms with E-state index in [9.17, 15) is 9.59 Å². The highest BCUT2D eigenvalue weighted by Gasteiger charge is 2.28. The minimum atomic E-state index is -0.178. The summed E-state index contributed by atoms with van der Waals surface area (Å²) in [5.74, 6) is 0.151. The summed E-state index contributed by atoms with van der Waals surface area (Å²) in [6.07, 6.45) is 2.85. The average molecular weight is 357 g/mol. The van der Waals surface area contributed by atoms with Crippen LogP contribution in [0, 0.1) is 0 Å². The van der Waals surface area contributed by atoms with Crippen LogP contribution in [-0.2, 0) is 13.1 Å². The third-order valence-electron chi connectivity index (χ3n) is 4.78. The topological polar surface area (TPSA) is 93.3 Å². The molecule has 4 rings (SSSR count). The highest BCUT2D eigenvalue weighted by Crippen LogP contribution is 2.21. The van der Waals surface area contributed by atoms with Crippen molar-refractivity contribution in [2.24, 2.45) is 0 Å². The first kappa shape index (κ1) is 16.8. The molecule has 1 aliphatic heterocycles. The van der Waals surface area contributed by atoms with Gasteiger partial charge in [0.25, 0.3) is 11.8 Å². The van der Waals surface area contributed by atoms with Gasteiger partial charge < -0.3 is 14.7 Å². The number of nitrogens with one attached hydrogen (secondary N) is 1. The molecule has 1 aliphatic carbocycles. The number of rotatable bonds is 4. The zero-order valence-electron chi connectivity index (χ0n) is 15.1. The maximum atomic E-state index is 12.8. The molecule has 2 aliphatic rings. The van der Waals surface area contributed by atoms with E-state index in [4.69, 9.17) is 4.52 Å². The minimum absolute atomic E-state index is 0.136. The van der Waals surface area contributed by atoms with E-state index in [0.29, 0.717) is 31.4 Å². The van der Waals surface area contributed by atoms with Crippen molar-refractivity contribution in [2.75, 3.05) is 6.54 Å². The van der Waals surface area contributed by atoms with Crippen molar-refractivity contribution in [1.29, 1.82) is 0 Å². The van der Waals surface area contributed by atoms with E-state index in [0.717, 1.165) is 30.7 Å². The summed E-state index contributed by atoms with van der Waals surface area (Å²) in [6.45, 7) is 5.71. The lowest BCUT2D eigenvalue weighted by atomic mass is 10.1. The standard InChI is InChI=1S/C18H23N5O3/c1-11(2)14-9-16(26-21-14)18(25)22-6-3-7-23-13(10-22)8-15(20-23)17(24)19-12-4-5-12/h8-9,11-12H,3-7,10H2,1-2H3,(H,19,24). The van der Waals surface area contributed by atoms with Gasteiger partial charge in [-0.3, -0.25) is 14.3 Å². The Bertz CT molecular complexity index is 834. The second-order valence-corrected chi connectivity index (χ2v) is 7.34. The number of fused-ring (bicyclic) bond motifs is 1. The van der Waals surface area contributed by atoms with Gasteiger partial charge in [0, 0.05) is 25.2 Å². The van der Waals surface area contributed by atoms with Crippen LogP contribution in [0.2, 0.25) is 0 Å². The monoisotopic (exact) mass is 357 g/mol. The van der Waals surface area contributed by atoms with Crippen molar-refractivity contribution in [3.63, 3.8) is 0 Å². The number of aromatic nitrogens is 3. The largest absolute Gasteiger partial charge is 0.351 e. The van der Waals surface area contributed by atoms with E-state index in [-0.39, 0.29) is 23.5 Å². The lowest BCUT2D eigenvalue weighted by Crippen LogP contribution is -2.30. The number of nitrogens with zero attached hydrogens (tertiary/aromatic N) is 4. The Morgan fingerprint density at radius 3 is 2.77 bits per heavy atom. The number of amides is 2. The van der Waals surface area contributed by atoms with Crippen molar-refractivity contribution in [2.45, 2.75) is 58.2 Å². The number of hydrogen-bond acceptors (Lipinski definition) is 5. The summed E-state index contributed by atoms with van der Waals surface area (Å²) < 4.78 is 7.06. The zero-order valence-corrected chi connectivity index (χ0v) is 15.1. The quantitative estimate of drug-likeness (QED) is 0.902. The van der Waals surface area contributed by atoms with Gasteiger partial charge in [-0.2, -0.15) is 5.10 Å². The molecule has 0 radical (unpaired) electrons. The molecule has 138 valence electrons. The van der Waals surface area contributed by atoms with E-state index in [1.165, 1.54) is 0 Å².